The van der Waals surface area contributed by atoms with Crippen LogP contribution in [0.2, 0.25) is 10.0 Å². The van der Waals surface area contributed by atoms with E-state index in [2.05, 4.69) is 20.3 Å². The van der Waals surface area contributed by atoms with Crippen molar-refractivity contribution in [2.24, 2.45) is 0 Å². The third-order valence-electron chi connectivity index (χ3n) is 2.45. The van der Waals surface area contributed by atoms with Crippen LogP contribution in [0.5, 0.6) is 0 Å². The minimum atomic E-state index is 0.546. The third-order valence-corrected chi connectivity index (χ3v) is 3.25. The van der Waals surface area contributed by atoms with Crippen molar-refractivity contribution in [3.05, 3.63) is 46.1 Å². The smallest absolute Gasteiger partial charge is 0.148 e. The van der Waals surface area contributed by atoms with Crippen LogP contribution < -0.4 is 5.32 Å². The van der Waals surface area contributed by atoms with Crippen molar-refractivity contribution in [2.75, 3.05) is 11.9 Å². The Bertz CT molecular complexity index is 545. The zero-order valence-electron chi connectivity index (χ0n) is 9.82. The molecule has 2 rings (SSSR count). The molecule has 0 fully saturated rings. The number of rotatable bonds is 4. The Morgan fingerprint density at radius 3 is 2.83 bits per heavy atom. The summed E-state index contributed by atoms with van der Waals surface area (Å²) >= 11 is 12.1. The number of halogens is 2. The van der Waals surface area contributed by atoms with E-state index in [0.29, 0.717) is 28.8 Å². The molecule has 0 aliphatic carbocycles. The van der Waals surface area contributed by atoms with Gasteiger partial charge in [0.1, 0.15) is 17.2 Å². The Balaban J connectivity index is 1.97. The molecular formula is C12H12Cl2N4. The fraction of sp³-hybridized carbons (Fsp3) is 0.250. The molecule has 94 valence electrons. The molecule has 0 aliphatic rings. The van der Waals surface area contributed by atoms with Gasteiger partial charge in [-0.2, -0.15) is 0 Å². The number of pyridine rings is 1. The molecule has 0 amide bonds. The molecular weight excluding hydrogens is 271 g/mol. The lowest BCUT2D eigenvalue weighted by Crippen LogP contribution is -2.08. The van der Waals surface area contributed by atoms with Gasteiger partial charge in [-0.1, -0.05) is 23.2 Å². The second-order valence-corrected chi connectivity index (χ2v) is 4.52. The predicted molar refractivity (Wildman–Crippen MR) is 73.2 cm³/mol. The highest BCUT2D eigenvalue weighted by molar-refractivity contribution is 6.33. The number of nitrogens with one attached hydrogen (secondary N) is 1. The van der Waals surface area contributed by atoms with Gasteiger partial charge in [0.25, 0.3) is 0 Å². The minimum Gasteiger partial charge on any atom is -0.368 e. The van der Waals surface area contributed by atoms with Gasteiger partial charge in [0.15, 0.2) is 0 Å². The number of anilines is 1. The molecule has 0 atom stereocenters. The lowest BCUT2D eigenvalue weighted by molar-refractivity contribution is 0.948. The normalized spacial score (nSPS) is 10.4. The van der Waals surface area contributed by atoms with Crippen LogP contribution >= 0.6 is 23.2 Å². The van der Waals surface area contributed by atoms with Crippen molar-refractivity contribution in [3.63, 3.8) is 0 Å². The van der Waals surface area contributed by atoms with Crippen LogP contribution in [0.25, 0.3) is 0 Å². The van der Waals surface area contributed by atoms with Crippen molar-refractivity contribution < 1.29 is 0 Å². The van der Waals surface area contributed by atoms with Crippen LogP contribution in [-0.2, 0) is 6.42 Å². The zero-order chi connectivity index (χ0) is 13.0. The quantitative estimate of drug-likeness (QED) is 0.936. The molecule has 6 heteroatoms. The molecule has 0 saturated carbocycles. The Kier molecular flexibility index (Phi) is 4.33. The lowest BCUT2D eigenvalue weighted by Gasteiger charge is -2.08. The van der Waals surface area contributed by atoms with Crippen molar-refractivity contribution in [1.29, 1.82) is 0 Å². The van der Waals surface area contributed by atoms with Crippen molar-refractivity contribution in [1.82, 2.24) is 15.0 Å². The van der Waals surface area contributed by atoms with Crippen molar-refractivity contribution in [2.45, 2.75) is 13.3 Å². The first kappa shape index (κ1) is 13.1. The molecule has 0 aromatic carbocycles. The minimum absolute atomic E-state index is 0.546. The molecule has 2 heterocycles. The molecule has 1 N–H and O–H groups in total. The lowest BCUT2D eigenvalue weighted by atomic mass is 10.2. The number of nitrogens with zero attached hydrogens (tertiary/aromatic N) is 3. The van der Waals surface area contributed by atoms with Gasteiger partial charge < -0.3 is 5.32 Å². The van der Waals surface area contributed by atoms with Crippen molar-refractivity contribution in [3.8, 4) is 0 Å². The van der Waals surface area contributed by atoms with E-state index >= 15 is 0 Å². The summed E-state index contributed by atoms with van der Waals surface area (Å²) in [5, 5.41) is 4.36. The highest BCUT2D eigenvalue weighted by atomic mass is 35.5. The van der Waals surface area contributed by atoms with Gasteiger partial charge in [0.05, 0.1) is 16.4 Å². The van der Waals surface area contributed by atoms with E-state index < -0.39 is 0 Å². The summed E-state index contributed by atoms with van der Waals surface area (Å²) in [7, 11) is 0. The number of hydrogen-bond acceptors (Lipinski definition) is 4. The Hall–Kier alpha value is -1.39. The zero-order valence-corrected chi connectivity index (χ0v) is 11.3. The standard InChI is InChI=1S/C12H12Cl2N4/c1-8-11(14)12(18-7-17-8)16-6-4-10-9(13)3-2-5-15-10/h2-3,5,7H,4,6H2,1H3,(H,16,17,18). The first-order chi connectivity index (χ1) is 8.68. The van der Waals surface area contributed by atoms with Crippen molar-refractivity contribution >= 4 is 29.0 Å². The maximum Gasteiger partial charge on any atom is 0.148 e. The maximum atomic E-state index is 6.08. The van der Waals surface area contributed by atoms with E-state index in [4.69, 9.17) is 23.2 Å². The van der Waals surface area contributed by atoms with Gasteiger partial charge in [-0.3, -0.25) is 4.98 Å². The summed E-state index contributed by atoms with van der Waals surface area (Å²) in [5.41, 5.74) is 1.61. The van der Waals surface area contributed by atoms with Gasteiger partial charge in [0.2, 0.25) is 0 Å². The first-order valence-corrected chi connectivity index (χ1v) is 6.24. The molecule has 0 aliphatic heterocycles. The topological polar surface area (TPSA) is 50.7 Å². The molecule has 0 saturated heterocycles. The highest BCUT2D eigenvalue weighted by Crippen LogP contribution is 2.20. The third kappa shape index (κ3) is 3.09. The summed E-state index contributed by atoms with van der Waals surface area (Å²) in [4.78, 5) is 12.3. The fourth-order valence-electron chi connectivity index (χ4n) is 1.48. The monoisotopic (exact) mass is 282 g/mol. The molecule has 4 nitrogen and oxygen atoms in total. The van der Waals surface area contributed by atoms with E-state index in [9.17, 15) is 0 Å². The summed E-state index contributed by atoms with van der Waals surface area (Å²) in [5.74, 6) is 0.635. The number of aromatic nitrogens is 3. The molecule has 2 aromatic heterocycles. The summed E-state index contributed by atoms with van der Waals surface area (Å²) in [6.07, 6.45) is 3.92. The Morgan fingerprint density at radius 1 is 1.22 bits per heavy atom. The van der Waals surface area contributed by atoms with Crippen LogP contribution in [-0.4, -0.2) is 21.5 Å². The predicted octanol–water partition coefficient (Wildman–Crippen LogP) is 3.14. The van der Waals surface area contributed by atoms with Crippen LogP contribution in [0.4, 0.5) is 5.82 Å². The Morgan fingerprint density at radius 2 is 2.06 bits per heavy atom. The van der Waals surface area contributed by atoms with E-state index in [1.807, 2.05) is 19.1 Å². The number of aryl methyl sites for hydroxylation is 1. The van der Waals surface area contributed by atoms with Gasteiger partial charge in [-0.05, 0) is 19.1 Å². The van der Waals surface area contributed by atoms with Gasteiger partial charge >= 0.3 is 0 Å². The van der Waals surface area contributed by atoms with Gasteiger partial charge in [0, 0.05) is 19.2 Å². The summed E-state index contributed by atoms with van der Waals surface area (Å²) < 4.78 is 0. The van der Waals surface area contributed by atoms with E-state index in [0.717, 1.165) is 11.4 Å². The Labute approximate surface area is 115 Å². The largest absolute Gasteiger partial charge is 0.368 e. The van der Waals surface area contributed by atoms with Crippen LogP contribution in [0.1, 0.15) is 11.4 Å². The summed E-state index contributed by atoms with van der Waals surface area (Å²) in [6, 6.07) is 3.63. The molecule has 0 radical (unpaired) electrons. The van der Waals surface area contributed by atoms with Crippen LogP contribution in [0.15, 0.2) is 24.7 Å². The number of hydrogen-bond donors (Lipinski definition) is 1. The summed E-state index contributed by atoms with van der Waals surface area (Å²) in [6.45, 7) is 2.50. The molecule has 18 heavy (non-hydrogen) atoms. The molecule has 0 unspecified atom stereocenters. The van der Waals surface area contributed by atoms with Crippen LogP contribution in [0, 0.1) is 6.92 Å². The van der Waals surface area contributed by atoms with Gasteiger partial charge in [-0.15, -0.1) is 0 Å². The van der Waals surface area contributed by atoms with E-state index in [1.165, 1.54) is 6.33 Å². The van der Waals surface area contributed by atoms with E-state index in [-0.39, 0.29) is 0 Å². The highest BCUT2D eigenvalue weighted by Gasteiger charge is 2.05. The van der Waals surface area contributed by atoms with Gasteiger partial charge in [-0.25, -0.2) is 9.97 Å². The average Bonchev–Trinajstić information content (AvgIpc) is 2.37. The van der Waals surface area contributed by atoms with E-state index in [1.54, 1.807) is 6.20 Å². The fourth-order valence-corrected chi connectivity index (χ4v) is 1.86. The maximum absolute atomic E-state index is 6.08. The SMILES string of the molecule is Cc1ncnc(NCCc2ncccc2Cl)c1Cl. The molecule has 0 spiro atoms. The molecule has 0 bridgehead atoms. The first-order valence-electron chi connectivity index (χ1n) is 5.49. The van der Waals surface area contributed by atoms with Crippen LogP contribution in [0.3, 0.4) is 0 Å². The average molecular weight is 283 g/mol. The second kappa shape index (κ2) is 5.98. The second-order valence-electron chi connectivity index (χ2n) is 3.73. The molecule has 2 aromatic rings.